The zero-order valence-electron chi connectivity index (χ0n) is 11.5. The maximum atomic E-state index is 13.5. The molecule has 0 aromatic heterocycles. The summed E-state index contributed by atoms with van der Waals surface area (Å²) in [6.07, 6.45) is 0. The van der Waals surface area contributed by atoms with E-state index in [1.54, 1.807) is 7.11 Å². The molecular weight excluding hydrogens is 252 g/mol. The number of carbonyl (C=O) groups is 1. The van der Waals surface area contributed by atoms with Crippen LogP contribution in [-0.2, 0) is 4.74 Å². The van der Waals surface area contributed by atoms with Crippen LogP contribution in [0.4, 0.5) is 8.78 Å². The molecular formula is C14H19F2NO2. The van der Waals surface area contributed by atoms with E-state index in [-0.39, 0.29) is 23.9 Å². The summed E-state index contributed by atoms with van der Waals surface area (Å²) < 4.78 is 31.3. The van der Waals surface area contributed by atoms with Gasteiger partial charge in [-0.2, -0.15) is 0 Å². The molecule has 5 heteroatoms. The Morgan fingerprint density at radius 2 is 2.11 bits per heavy atom. The molecule has 19 heavy (non-hydrogen) atoms. The normalized spacial score (nSPS) is 12.7. The lowest BCUT2D eigenvalue weighted by Gasteiger charge is -2.26. The second kappa shape index (κ2) is 7.31. The zero-order chi connectivity index (χ0) is 14.4. The van der Waals surface area contributed by atoms with E-state index in [1.807, 2.05) is 18.7 Å². The van der Waals surface area contributed by atoms with Crippen molar-refractivity contribution >= 4 is 5.78 Å². The second-order valence-corrected chi connectivity index (χ2v) is 4.41. The Morgan fingerprint density at radius 1 is 1.42 bits per heavy atom. The molecule has 0 N–H and O–H groups in total. The number of benzene rings is 1. The van der Waals surface area contributed by atoms with Crippen LogP contribution in [0.3, 0.4) is 0 Å². The van der Waals surface area contributed by atoms with Gasteiger partial charge in [-0.25, -0.2) is 8.78 Å². The van der Waals surface area contributed by atoms with E-state index >= 15 is 0 Å². The summed E-state index contributed by atoms with van der Waals surface area (Å²) in [6, 6.07) is 3.05. The monoisotopic (exact) mass is 271 g/mol. The highest BCUT2D eigenvalue weighted by Gasteiger charge is 2.19. The fraction of sp³-hybridized carbons (Fsp3) is 0.500. The highest BCUT2D eigenvalue weighted by molar-refractivity contribution is 5.97. The number of rotatable bonds is 7. The van der Waals surface area contributed by atoms with Crippen molar-refractivity contribution in [1.29, 1.82) is 0 Å². The highest BCUT2D eigenvalue weighted by Crippen LogP contribution is 2.12. The summed E-state index contributed by atoms with van der Waals surface area (Å²) in [5.41, 5.74) is -0.0792. The molecule has 0 aliphatic heterocycles. The van der Waals surface area contributed by atoms with Crippen LogP contribution in [0.1, 0.15) is 24.2 Å². The number of hydrogen-bond acceptors (Lipinski definition) is 3. The number of ether oxygens (including phenoxy) is 1. The topological polar surface area (TPSA) is 29.5 Å². The summed E-state index contributed by atoms with van der Waals surface area (Å²) in [5, 5.41) is 0. The van der Waals surface area contributed by atoms with Gasteiger partial charge in [-0.15, -0.1) is 0 Å². The molecule has 1 unspecified atom stereocenters. The van der Waals surface area contributed by atoms with Gasteiger partial charge in [0.05, 0.1) is 18.7 Å². The van der Waals surface area contributed by atoms with Crippen molar-refractivity contribution in [3.05, 3.63) is 35.4 Å². The average Bonchev–Trinajstić information content (AvgIpc) is 2.35. The van der Waals surface area contributed by atoms with Crippen LogP contribution in [-0.4, -0.2) is 43.5 Å². The Hall–Kier alpha value is -1.33. The molecule has 0 heterocycles. The molecule has 0 saturated heterocycles. The molecule has 106 valence electrons. The first-order chi connectivity index (χ1) is 8.99. The molecule has 0 fully saturated rings. The molecule has 1 aromatic rings. The van der Waals surface area contributed by atoms with Crippen LogP contribution in [0.25, 0.3) is 0 Å². The van der Waals surface area contributed by atoms with Crippen LogP contribution in [0, 0.1) is 11.6 Å². The van der Waals surface area contributed by atoms with Crippen molar-refractivity contribution < 1.29 is 18.3 Å². The highest BCUT2D eigenvalue weighted by atomic mass is 19.1. The van der Waals surface area contributed by atoms with Crippen molar-refractivity contribution in [2.24, 2.45) is 0 Å². The van der Waals surface area contributed by atoms with Crippen molar-refractivity contribution in [3.63, 3.8) is 0 Å². The van der Waals surface area contributed by atoms with Crippen molar-refractivity contribution in [1.82, 2.24) is 4.90 Å². The Morgan fingerprint density at radius 3 is 2.63 bits per heavy atom. The maximum absolute atomic E-state index is 13.5. The predicted molar refractivity (Wildman–Crippen MR) is 69.3 cm³/mol. The zero-order valence-corrected chi connectivity index (χ0v) is 11.5. The summed E-state index contributed by atoms with van der Waals surface area (Å²) in [4.78, 5) is 13.9. The van der Waals surface area contributed by atoms with Gasteiger partial charge in [-0.1, -0.05) is 6.92 Å². The number of ketones is 1. The minimum atomic E-state index is -0.819. The molecule has 1 aromatic carbocycles. The fourth-order valence-corrected chi connectivity index (χ4v) is 1.91. The number of likely N-dealkylation sites (N-methyl/N-ethyl adjacent to an activating group) is 1. The van der Waals surface area contributed by atoms with E-state index in [2.05, 4.69) is 0 Å². The number of Topliss-reactive ketones (excluding diaryl/α,β-unsaturated/α-hetero) is 1. The van der Waals surface area contributed by atoms with Crippen LogP contribution in [0.15, 0.2) is 18.2 Å². The molecule has 0 aliphatic rings. The lowest BCUT2D eigenvalue weighted by Crippen LogP contribution is -2.39. The van der Waals surface area contributed by atoms with Crippen LogP contribution >= 0.6 is 0 Å². The molecule has 0 radical (unpaired) electrons. The molecule has 0 bridgehead atoms. The number of methoxy groups -OCH3 is 1. The standard InChI is InChI=1S/C14H19F2NO2/c1-4-17(10(2)9-19-3)8-14(18)12-6-5-11(15)7-13(12)16/h5-7,10H,4,8-9H2,1-3H3. The largest absolute Gasteiger partial charge is 0.383 e. The maximum Gasteiger partial charge on any atom is 0.179 e. The summed E-state index contributed by atoms with van der Waals surface area (Å²) in [7, 11) is 1.59. The van der Waals surface area contributed by atoms with E-state index in [9.17, 15) is 13.6 Å². The second-order valence-electron chi connectivity index (χ2n) is 4.41. The third-order valence-electron chi connectivity index (χ3n) is 3.02. The van der Waals surface area contributed by atoms with Gasteiger partial charge in [0.2, 0.25) is 0 Å². The molecule has 0 saturated carbocycles. The van der Waals surface area contributed by atoms with Gasteiger partial charge >= 0.3 is 0 Å². The van der Waals surface area contributed by atoms with Gasteiger partial charge in [-0.3, -0.25) is 9.69 Å². The summed E-state index contributed by atoms with van der Waals surface area (Å²) in [6.45, 7) is 5.08. The Balaban J connectivity index is 2.77. The first kappa shape index (κ1) is 15.7. The SMILES string of the molecule is CCN(CC(=O)c1ccc(F)cc1F)C(C)COC. The minimum Gasteiger partial charge on any atom is -0.383 e. The Bertz CT molecular complexity index is 437. The molecule has 0 amide bonds. The van der Waals surface area contributed by atoms with Crippen LogP contribution in [0.2, 0.25) is 0 Å². The van der Waals surface area contributed by atoms with Crippen molar-refractivity contribution in [2.75, 3.05) is 26.8 Å². The van der Waals surface area contributed by atoms with Gasteiger partial charge in [0.25, 0.3) is 0 Å². The lowest BCUT2D eigenvalue weighted by molar-refractivity contribution is 0.0785. The molecule has 1 atom stereocenters. The van der Waals surface area contributed by atoms with Crippen LogP contribution < -0.4 is 0 Å². The smallest absolute Gasteiger partial charge is 0.179 e. The summed E-state index contributed by atoms with van der Waals surface area (Å²) in [5.74, 6) is -1.86. The Labute approximate surface area is 112 Å². The molecule has 0 aliphatic carbocycles. The molecule has 0 spiro atoms. The van der Waals surface area contributed by atoms with E-state index in [0.29, 0.717) is 13.2 Å². The summed E-state index contributed by atoms with van der Waals surface area (Å²) >= 11 is 0. The van der Waals surface area contributed by atoms with Crippen molar-refractivity contribution in [3.8, 4) is 0 Å². The number of nitrogens with zero attached hydrogens (tertiary/aromatic N) is 1. The predicted octanol–water partition coefficient (Wildman–Crippen LogP) is 2.50. The Kier molecular flexibility index (Phi) is 6.05. The van der Waals surface area contributed by atoms with Crippen molar-refractivity contribution in [2.45, 2.75) is 19.9 Å². The minimum absolute atomic E-state index is 0.0578. The van der Waals surface area contributed by atoms with Gasteiger partial charge < -0.3 is 4.74 Å². The van der Waals surface area contributed by atoms with E-state index in [1.165, 1.54) is 6.07 Å². The third kappa shape index (κ3) is 4.36. The first-order valence-corrected chi connectivity index (χ1v) is 6.20. The quantitative estimate of drug-likeness (QED) is 0.714. The molecule has 3 nitrogen and oxygen atoms in total. The first-order valence-electron chi connectivity index (χ1n) is 6.20. The third-order valence-corrected chi connectivity index (χ3v) is 3.02. The van der Waals surface area contributed by atoms with E-state index < -0.39 is 11.6 Å². The average molecular weight is 271 g/mol. The number of halogens is 2. The van der Waals surface area contributed by atoms with Gasteiger partial charge in [-0.05, 0) is 25.6 Å². The fourth-order valence-electron chi connectivity index (χ4n) is 1.91. The van der Waals surface area contributed by atoms with Gasteiger partial charge in [0, 0.05) is 19.2 Å². The number of carbonyl (C=O) groups excluding carboxylic acids is 1. The van der Waals surface area contributed by atoms with Gasteiger partial charge in [0.1, 0.15) is 11.6 Å². The van der Waals surface area contributed by atoms with E-state index in [0.717, 1.165) is 12.1 Å². The number of hydrogen-bond donors (Lipinski definition) is 0. The molecule has 1 rings (SSSR count). The van der Waals surface area contributed by atoms with E-state index in [4.69, 9.17) is 4.74 Å². The van der Waals surface area contributed by atoms with Gasteiger partial charge in [0.15, 0.2) is 5.78 Å². The lowest BCUT2D eigenvalue weighted by atomic mass is 10.1. The van der Waals surface area contributed by atoms with Crippen LogP contribution in [0.5, 0.6) is 0 Å².